The van der Waals surface area contributed by atoms with Crippen molar-refractivity contribution in [3.8, 4) is 0 Å². The van der Waals surface area contributed by atoms with E-state index in [1.165, 1.54) is 31.3 Å². The van der Waals surface area contributed by atoms with Crippen molar-refractivity contribution >= 4 is 46.8 Å². The molecule has 0 bridgehead atoms. The first-order valence-corrected chi connectivity index (χ1v) is 11.5. The third-order valence-corrected chi connectivity index (χ3v) is 6.59. The van der Waals surface area contributed by atoms with Gasteiger partial charge in [0, 0.05) is 30.6 Å². The topological polar surface area (TPSA) is 89.9 Å². The Balaban J connectivity index is 2.76. The number of aliphatic hydroxyl groups is 1. The molecular formula is C23H24Cl3F3N2O4. The van der Waals surface area contributed by atoms with Crippen LogP contribution in [0.1, 0.15) is 36.4 Å². The standard InChI is InChI=1S/C23H24Cl3F3N2O4/c1-31(19(33)12-23(27,28)29)13-22(9-2-10-32,15-5-8-17(25)18(26)11-15)20(30-21(34)35)14-3-6-16(24)7-4-14/h3-8,11,20,30,32H,2,9-10,12-13H2,1H3,(H,34,35)/t20?,22-/m1/s1. The first kappa shape index (κ1) is 29.0. The van der Waals surface area contributed by atoms with Gasteiger partial charge in [-0.15, -0.1) is 0 Å². The van der Waals surface area contributed by atoms with Crippen molar-refractivity contribution in [1.82, 2.24) is 10.2 Å². The molecule has 2 amide bonds. The molecule has 0 aliphatic heterocycles. The van der Waals surface area contributed by atoms with Crippen molar-refractivity contribution in [2.24, 2.45) is 0 Å². The van der Waals surface area contributed by atoms with E-state index in [1.807, 2.05) is 0 Å². The number of rotatable bonds is 10. The summed E-state index contributed by atoms with van der Waals surface area (Å²) in [6, 6.07) is 9.69. The summed E-state index contributed by atoms with van der Waals surface area (Å²) >= 11 is 18.3. The van der Waals surface area contributed by atoms with Crippen LogP contribution in [0.15, 0.2) is 42.5 Å². The molecule has 0 aliphatic rings. The first-order valence-electron chi connectivity index (χ1n) is 10.4. The predicted molar refractivity (Wildman–Crippen MR) is 128 cm³/mol. The Morgan fingerprint density at radius 3 is 2.20 bits per heavy atom. The van der Waals surface area contributed by atoms with Gasteiger partial charge in [0.25, 0.3) is 0 Å². The highest BCUT2D eigenvalue weighted by Gasteiger charge is 2.45. The Morgan fingerprint density at radius 1 is 1.06 bits per heavy atom. The fourth-order valence-corrected chi connectivity index (χ4v) is 4.48. The second-order valence-electron chi connectivity index (χ2n) is 8.09. The second kappa shape index (κ2) is 12.2. The fraction of sp³-hybridized carbons (Fsp3) is 0.391. The van der Waals surface area contributed by atoms with Gasteiger partial charge in [-0.2, -0.15) is 13.2 Å². The number of hydrogen-bond donors (Lipinski definition) is 3. The van der Waals surface area contributed by atoms with Gasteiger partial charge in [-0.1, -0.05) is 53.0 Å². The van der Waals surface area contributed by atoms with Gasteiger partial charge in [0.2, 0.25) is 5.91 Å². The second-order valence-corrected chi connectivity index (χ2v) is 9.34. The van der Waals surface area contributed by atoms with Gasteiger partial charge in [-0.25, -0.2) is 4.79 Å². The van der Waals surface area contributed by atoms with Crippen molar-refractivity contribution in [3.63, 3.8) is 0 Å². The van der Waals surface area contributed by atoms with Crippen molar-refractivity contribution in [1.29, 1.82) is 0 Å². The summed E-state index contributed by atoms with van der Waals surface area (Å²) in [7, 11) is 1.21. The highest BCUT2D eigenvalue weighted by molar-refractivity contribution is 6.42. The van der Waals surface area contributed by atoms with E-state index < -0.39 is 36.1 Å². The number of carbonyl (C=O) groups is 2. The summed E-state index contributed by atoms with van der Waals surface area (Å²) in [5.74, 6) is -1.20. The number of benzene rings is 2. The van der Waals surface area contributed by atoms with E-state index in [0.29, 0.717) is 16.1 Å². The smallest absolute Gasteiger partial charge is 0.405 e. The minimum absolute atomic E-state index is 0.0820. The van der Waals surface area contributed by atoms with Crippen LogP contribution < -0.4 is 5.32 Å². The molecule has 0 saturated heterocycles. The molecule has 12 heteroatoms. The third kappa shape index (κ3) is 7.90. The number of carbonyl (C=O) groups excluding carboxylic acids is 1. The monoisotopic (exact) mass is 554 g/mol. The Morgan fingerprint density at radius 2 is 1.69 bits per heavy atom. The van der Waals surface area contributed by atoms with E-state index in [4.69, 9.17) is 34.8 Å². The quantitative estimate of drug-likeness (QED) is 0.332. The first-order chi connectivity index (χ1) is 16.3. The maximum absolute atomic E-state index is 12.9. The molecule has 0 radical (unpaired) electrons. The number of nitrogens with zero attached hydrogens (tertiary/aromatic N) is 1. The van der Waals surface area contributed by atoms with E-state index >= 15 is 0 Å². The van der Waals surface area contributed by atoms with E-state index in [1.54, 1.807) is 18.2 Å². The van der Waals surface area contributed by atoms with Gasteiger partial charge in [0.1, 0.15) is 6.42 Å². The van der Waals surface area contributed by atoms with Gasteiger partial charge in [-0.3, -0.25) is 4.79 Å². The van der Waals surface area contributed by atoms with Crippen LogP contribution in [0.5, 0.6) is 0 Å². The Labute approximate surface area is 215 Å². The number of aliphatic hydroxyl groups excluding tert-OH is 1. The number of carboxylic acid groups (broad SMARTS) is 1. The molecular weight excluding hydrogens is 532 g/mol. The number of likely N-dealkylation sites (N-methyl/N-ethyl adjacent to an activating group) is 1. The molecule has 35 heavy (non-hydrogen) atoms. The van der Waals surface area contributed by atoms with Crippen LogP contribution in [-0.4, -0.2) is 53.5 Å². The number of hydrogen-bond acceptors (Lipinski definition) is 3. The van der Waals surface area contributed by atoms with Crippen LogP contribution in [-0.2, 0) is 10.2 Å². The molecule has 0 spiro atoms. The number of nitrogens with one attached hydrogen (secondary N) is 1. The van der Waals surface area contributed by atoms with Crippen molar-refractivity contribution < 1.29 is 33.0 Å². The molecule has 192 valence electrons. The van der Waals surface area contributed by atoms with Gasteiger partial charge in [0.15, 0.2) is 0 Å². The van der Waals surface area contributed by atoms with Crippen LogP contribution in [0.3, 0.4) is 0 Å². The molecule has 2 aromatic rings. The molecule has 0 aromatic heterocycles. The van der Waals surface area contributed by atoms with Crippen LogP contribution in [0.4, 0.5) is 18.0 Å². The van der Waals surface area contributed by atoms with Crippen molar-refractivity contribution in [2.45, 2.75) is 36.9 Å². The lowest BCUT2D eigenvalue weighted by Crippen LogP contribution is -2.51. The van der Waals surface area contributed by atoms with Crippen molar-refractivity contribution in [2.75, 3.05) is 20.2 Å². The zero-order chi connectivity index (χ0) is 26.4. The molecule has 0 fully saturated rings. The highest BCUT2D eigenvalue weighted by atomic mass is 35.5. The average molecular weight is 556 g/mol. The maximum atomic E-state index is 12.9. The van der Waals surface area contributed by atoms with Gasteiger partial charge in [0.05, 0.1) is 16.1 Å². The lowest BCUT2D eigenvalue weighted by molar-refractivity contribution is -0.161. The SMILES string of the molecule is CN(C[C@](CCCO)(c1ccc(Cl)c(Cl)c1)C(NC(=O)O)c1ccc(Cl)cc1)C(=O)CC(F)(F)F. The molecule has 0 aliphatic carbocycles. The Hall–Kier alpha value is -2.20. The Kier molecular flexibility index (Phi) is 10.1. The summed E-state index contributed by atoms with van der Waals surface area (Å²) in [6.45, 7) is -0.614. The molecule has 2 rings (SSSR count). The molecule has 1 unspecified atom stereocenters. The maximum Gasteiger partial charge on any atom is 0.405 e. The summed E-state index contributed by atoms with van der Waals surface area (Å²) in [4.78, 5) is 25.2. The number of alkyl halides is 3. The average Bonchev–Trinajstić information content (AvgIpc) is 2.76. The Bertz CT molecular complexity index is 1040. The van der Waals surface area contributed by atoms with Crippen LogP contribution in [0.25, 0.3) is 0 Å². The van der Waals surface area contributed by atoms with Gasteiger partial charge < -0.3 is 20.4 Å². The van der Waals surface area contributed by atoms with Gasteiger partial charge >= 0.3 is 12.3 Å². The molecule has 2 atom stereocenters. The minimum atomic E-state index is -4.72. The van der Waals surface area contributed by atoms with E-state index in [9.17, 15) is 33.0 Å². The van der Waals surface area contributed by atoms with Gasteiger partial charge in [-0.05, 0) is 48.2 Å². The van der Waals surface area contributed by atoms with Crippen LogP contribution in [0.2, 0.25) is 15.1 Å². The van der Waals surface area contributed by atoms with E-state index in [-0.39, 0.29) is 36.0 Å². The largest absolute Gasteiger partial charge is 0.465 e. The molecule has 3 N–H and O–H groups in total. The van der Waals surface area contributed by atoms with Crippen LogP contribution in [0, 0.1) is 0 Å². The fourth-order valence-electron chi connectivity index (χ4n) is 4.05. The summed E-state index contributed by atoms with van der Waals surface area (Å²) < 4.78 is 38.8. The minimum Gasteiger partial charge on any atom is -0.465 e. The van der Waals surface area contributed by atoms with Crippen molar-refractivity contribution in [3.05, 3.63) is 68.7 Å². The lowest BCUT2D eigenvalue weighted by Gasteiger charge is -2.44. The van der Waals surface area contributed by atoms with E-state index in [0.717, 1.165) is 4.90 Å². The number of amides is 2. The molecule has 2 aromatic carbocycles. The number of halogens is 6. The predicted octanol–water partition coefficient (Wildman–Crippen LogP) is 6.08. The zero-order valence-electron chi connectivity index (χ0n) is 18.6. The summed E-state index contributed by atoms with van der Waals surface area (Å²) in [5.41, 5.74) is -0.489. The zero-order valence-corrected chi connectivity index (χ0v) is 20.8. The third-order valence-electron chi connectivity index (χ3n) is 5.60. The molecule has 6 nitrogen and oxygen atoms in total. The molecule has 0 saturated carbocycles. The van der Waals surface area contributed by atoms with E-state index in [2.05, 4.69) is 5.32 Å². The summed E-state index contributed by atoms with van der Waals surface area (Å²) in [5, 5.41) is 22.5. The lowest BCUT2D eigenvalue weighted by atomic mass is 9.68. The highest BCUT2D eigenvalue weighted by Crippen LogP contribution is 2.44. The van der Waals surface area contributed by atoms with Crippen LogP contribution >= 0.6 is 34.8 Å². The normalized spacial score (nSPS) is 14.2. The molecule has 0 heterocycles. The summed E-state index contributed by atoms with van der Waals surface area (Å²) in [6.07, 6.45) is -7.58.